The average Bonchev–Trinajstić information content (AvgIpc) is 4.10. The summed E-state index contributed by atoms with van der Waals surface area (Å²) in [5.74, 6) is 1.20. The van der Waals surface area contributed by atoms with Gasteiger partial charge in [0, 0.05) is 97.9 Å². The van der Waals surface area contributed by atoms with Crippen LogP contribution < -0.4 is 29.9 Å². The molecule has 2 saturated heterocycles. The van der Waals surface area contributed by atoms with Crippen molar-refractivity contribution in [1.29, 1.82) is 0 Å². The highest BCUT2D eigenvalue weighted by atomic mass is 16.5. The predicted molar refractivity (Wildman–Crippen MR) is 236 cm³/mol. The summed E-state index contributed by atoms with van der Waals surface area (Å²) in [4.78, 5) is 39.4. The third-order valence-electron chi connectivity index (χ3n) is 12.5. The van der Waals surface area contributed by atoms with Crippen LogP contribution in [0, 0.1) is 10.8 Å². The molecule has 4 aliphatic rings. The fraction of sp³-hybridized carbons (Fsp3) is 0.435. The van der Waals surface area contributed by atoms with E-state index in [1.165, 1.54) is 12.4 Å². The first-order valence-electron chi connectivity index (χ1n) is 21.2. The summed E-state index contributed by atoms with van der Waals surface area (Å²) >= 11 is 0. The fourth-order valence-electron chi connectivity index (χ4n) is 9.07. The maximum Gasteiger partial charge on any atom is 0.261 e. The van der Waals surface area contributed by atoms with Crippen LogP contribution in [0.4, 0.5) is 22.7 Å². The molecule has 10 rings (SSSR count). The summed E-state index contributed by atoms with van der Waals surface area (Å²) in [5.41, 5.74) is 6.44. The number of ether oxygens (including phenoxy) is 2. The first-order valence-corrected chi connectivity index (χ1v) is 21.2. The van der Waals surface area contributed by atoms with Crippen molar-refractivity contribution in [3.8, 4) is 11.5 Å². The Hall–Kier alpha value is -6.26. The van der Waals surface area contributed by atoms with Gasteiger partial charge in [0.2, 0.25) is 0 Å². The molecule has 2 fully saturated rings. The minimum atomic E-state index is -0.279. The van der Waals surface area contributed by atoms with Gasteiger partial charge in [-0.15, -0.1) is 0 Å². The van der Waals surface area contributed by atoms with Crippen molar-refractivity contribution in [3.05, 3.63) is 95.8 Å². The van der Waals surface area contributed by atoms with Gasteiger partial charge < -0.3 is 40.1 Å². The van der Waals surface area contributed by atoms with Crippen molar-refractivity contribution in [1.82, 2.24) is 29.2 Å². The summed E-state index contributed by atoms with van der Waals surface area (Å²) in [7, 11) is 0. The highest BCUT2D eigenvalue weighted by molar-refractivity contribution is 6.10. The van der Waals surface area contributed by atoms with Crippen LogP contribution in [0.2, 0.25) is 0 Å². The van der Waals surface area contributed by atoms with Gasteiger partial charge in [-0.1, -0.05) is 13.8 Å². The van der Waals surface area contributed by atoms with Crippen LogP contribution in [0.25, 0.3) is 11.3 Å². The molecule has 0 spiro atoms. The van der Waals surface area contributed by atoms with Crippen LogP contribution in [-0.4, -0.2) is 102 Å². The molecule has 16 nitrogen and oxygen atoms in total. The lowest BCUT2D eigenvalue weighted by molar-refractivity contribution is 0.102. The molecule has 0 saturated carbocycles. The molecule has 2 atom stereocenters. The summed E-state index contributed by atoms with van der Waals surface area (Å²) in [5, 5.41) is 34.3. The number of rotatable bonds is 8. The zero-order valence-electron chi connectivity index (χ0n) is 36.1. The molecular formula is C46H54N10O6. The quantitative estimate of drug-likeness (QED) is 0.145. The Morgan fingerprint density at radius 2 is 1.08 bits per heavy atom. The topological polar surface area (TPSA) is 184 Å². The van der Waals surface area contributed by atoms with Crippen LogP contribution >= 0.6 is 0 Å². The highest BCUT2D eigenvalue weighted by Gasteiger charge is 2.39. The Kier molecular flexibility index (Phi) is 10.1. The van der Waals surface area contributed by atoms with Gasteiger partial charge in [-0.25, -0.2) is 19.0 Å². The molecule has 2 aromatic carbocycles. The molecule has 4 N–H and O–H groups in total. The number of amides is 2. The number of hydrogen-bond donors (Lipinski definition) is 4. The standard InChI is InChI=1S/2C23H27N5O3/c2*1-22(2)11-15-9-17(26-21(30)16-12-25-28-7-4-6-24-20(16)28)18(10-19(15)31-22)27-8-5-23(3,13-27)14-29/h2*4,6-7,9-10,12,29H,5,8,11,13-14H2,1-3H3,(H,26,30)/t2*23-/m10/s1. The number of aliphatic hydroxyl groups is 2. The van der Waals surface area contributed by atoms with Gasteiger partial charge in [-0.2, -0.15) is 10.2 Å². The molecule has 0 radical (unpaired) electrons. The molecular weight excluding hydrogens is 789 g/mol. The number of carbonyl (C=O) groups excluding carboxylic acids is 2. The second-order valence-electron chi connectivity index (χ2n) is 19.1. The molecule has 16 heteroatoms. The number of hydrogen-bond acceptors (Lipinski definition) is 12. The van der Waals surface area contributed by atoms with Crippen LogP contribution in [0.1, 0.15) is 86.2 Å². The third-order valence-corrected chi connectivity index (χ3v) is 12.5. The zero-order chi connectivity index (χ0) is 43.6. The predicted octanol–water partition coefficient (Wildman–Crippen LogP) is 5.81. The first kappa shape index (κ1) is 41.1. The van der Waals surface area contributed by atoms with Gasteiger partial charge in [0.25, 0.3) is 11.8 Å². The van der Waals surface area contributed by atoms with Crippen molar-refractivity contribution in [2.45, 2.75) is 78.4 Å². The van der Waals surface area contributed by atoms with E-state index in [-0.39, 0.29) is 47.1 Å². The van der Waals surface area contributed by atoms with Crippen molar-refractivity contribution in [2.24, 2.45) is 10.8 Å². The number of nitrogens with one attached hydrogen (secondary N) is 2. The lowest BCUT2D eigenvalue weighted by Gasteiger charge is -2.26. The van der Waals surface area contributed by atoms with E-state index >= 15 is 0 Å². The Labute approximate surface area is 359 Å². The average molecular weight is 843 g/mol. The number of nitrogens with zero attached hydrogens (tertiary/aromatic N) is 8. The number of carbonyl (C=O) groups is 2. The SMILES string of the molecule is CC1(C)Cc2cc(NC(=O)c3cnn4cccnc34)c(N3CC[C@@](C)(CO)C3)cc2O1.CC1(C)Cc2cc(NC(=O)c3cnn4cccnc34)c(N3CC[C@](C)(CO)C3)cc2O1. The fourth-order valence-corrected chi connectivity index (χ4v) is 9.07. The van der Waals surface area contributed by atoms with E-state index < -0.39 is 0 Å². The molecule has 4 aromatic heterocycles. The monoisotopic (exact) mass is 842 g/mol. The minimum Gasteiger partial charge on any atom is -0.487 e. The van der Waals surface area contributed by atoms with Crippen molar-refractivity contribution < 1.29 is 29.3 Å². The van der Waals surface area contributed by atoms with Gasteiger partial charge in [-0.05, 0) is 64.8 Å². The molecule has 4 aliphatic heterocycles. The van der Waals surface area contributed by atoms with Gasteiger partial charge >= 0.3 is 0 Å². The second-order valence-corrected chi connectivity index (χ2v) is 19.1. The third kappa shape index (κ3) is 7.88. The van der Waals surface area contributed by atoms with E-state index in [0.717, 1.165) is 84.1 Å². The molecule has 0 bridgehead atoms. The number of anilines is 4. The van der Waals surface area contributed by atoms with E-state index in [1.54, 1.807) is 46.0 Å². The molecule has 2 amide bonds. The van der Waals surface area contributed by atoms with Crippen LogP contribution in [0.3, 0.4) is 0 Å². The Morgan fingerprint density at radius 3 is 1.47 bits per heavy atom. The van der Waals surface area contributed by atoms with Crippen LogP contribution in [0.15, 0.2) is 73.6 Å². The molecule has 6 aromatic rings. The summed E-state index contributed by atoms with van der Waals surface area (Å²) < 4.78 is 15.5. The van der Waals surface area contributed by atoms with Gasteiger partial charge in [0.05, 0.1) is 48.4 Å². The van der Waals surface area contributed by atoms with E-state index in [9.17, 15) is 19.8 Å². The van der Waals surface area contributed by atoms with Crippen LogP contribution in [-0.2, 0) is 12.8 Å². The van der Waals surface area contributed by atoms with Crippen molar-refractivity contribution in [3.63, 3.8) is 0 Å². The molecule has 62 heavy (non-hydrogen) atoms. The number of aromatic nitrogens is 6. The Morgan fingerprint density at radius 1 is 0.661 bits per heavy atom. The van der Waals surface area contributed by atoms with E-state index in [1.807, 2.05) is 24.3 Å². The van der Waals surface area contributed by atoms with Gasteiger partial charge in [0.1, 0.15) is 33.8 Å². The van der Waals surface area contributed by atoms with E-state index in [4.69, 9.17) is 9.47 Å². The summed E-state index contributed by atoms with van der Waals surface area (Å²) in [6.07, 6.45) is 13.2. The van der Waals surface area contributed by atoms with Crippen LogP contribution in [0.5, 0.6) is 11.5 Å². The molecule has 0 aliphatic carbocycles. The number of aliphatic hydroxyl groups excluding tert-OH is 2. The van der Waals surface area contributed by atoms with Crippen molar-refractivity contribution >= 4 is 45.9 Å². The van der Waals surface area contributed by atoms with E-state index in [2.05, 4.69) is 82.1 Å². The van der Waals surface area contributed by atoms with E-state index in [0.29, 0.717) is 35.5 Å². The number of fused-ring (bicyclic) bond motifs is 4. The second kappa shape index (κ2) is 15.3. The summed E-state index contributed by atoms with van der Waals surface area (Å²) in [6, 6.07) is 11.6. The summed E-state index contributed by atoms with van der Waals surface area (Å²) in [6.45, 7) is 15.7. The zero-order valence-corrected chi connectivity index (χ0v) is 36.1. The first-order chi connectivity index (χ1) is 29.5. The van der Waals surface area contributed by atoms with Crippen molar-refractivity contribution in [2.75, 3.05) is 59.8 Å². The largest absolute Gasteiger partial charge is 0.487 e. The lowest BCUT2D eigenvalue weighted by Crippen LogP contribution is -2.28. The Balaban J connectivity index is 0.000000158. The Bertz CT molecular complexity index is 2530. The highest BCUT2D eigenvalue weighted by Crippen LogP contribution is 2.46. The molecule has 324 valence electrons. The van der Waals surface area contributed by atoms with Gasteiger partial charge in [-0.3, -0.25) is 9.59 Å². The molecule has 8 heterocycles. The lowest BCUT2D eigenvalue weighted by atomic mass is 9.91. The maximum atomic E-state index is 13.2. The maximum absolute atomic E-state index is 13.2. The number of benzene rings is 2. The minimum absolute atomic E-state index is 0.133. The molecule has 0 unspecified atom stereocenters. The van der Waals surface area contributed by atoms with Gasteiger partial charge in [0.15, 0.2) is 11.3 Å². The normalized spacial score (nSPS) is 21.9. The smallest absolute Gasteiger partial charge is 0.261 e.